The van der Waals surface area contributed by atoms with Gasteiger partial charge in [-0.2, -0.15) is 0 Å². The number of aliphatic hydroxyl groups is 1. The summed E-state index contributed by atoms with van der Waals surface area (Å²) in [5.74, 6) is -1.34. The van der Waals surface area contributed by atoms with Crippen LogP contribution in [0.2, 0.25) is 0 Å². The maximum atomic E-state index is 13.7. The first kappa shape index (κ1) is 18.0. The molecule has 3 nitrogen and oxygen atoms in total. The number of ether oxygens (including phenoxy) is 1. The van der Waals surface area contributed by atoms with E-state index < -0.39 is 30.1 Å². The maximum Gasteiger partial charge on any atom is 0.573 e. The van der Waals surface area contributed by atoms with Crippen LogP contribution in [0.3, 0.4) is 0 Å². The smallest absolute Gasteiger partial charge is 0.406 e. The van der Waals surface area contributed by atoms with E-state index in [-0.39, 0.29) is 23.9 Å². The lowest BCUT2D eigenvalue weighted by Crippen LogP contribution is -2.37. The minimum Gasteiger partial charge on any atom is -0.406 e. The van der Waals surface area contributed by atoms with Gasteiger partial charge in [-0.1, -0.05) is 6.42 Å². The van der Waals surface area contributed by atoms with Crippen molar-refractivity contribution in [3.05, 3.63) is 29.6 Å². The van der Waals surface area contributed by atoms with Crippen LogP contribution < -0.4 is 10.5 Å². The van der Waals surface area contributed by atoms with Crippen LogP contribution in [0.15, 0.2) is 18.2 Å². The van der Waals surface area contributed by atoms with Crippen molar-refractivity contribution in [1.82, 2.24) is 0 Å². The molecule has 2 rings (SSSR count). The number of hydrogen-bond donors (Lipinski definition) is 2. The van der Waals surface area contributed by atoms with Gasteiger partial charge in [0, 0.05) is 5.56 Å². The van der Waals surface area contributed by atoms with Crippen LogP contribution in [0.5, 0.6) is 5.75 Å². The molecular formula is C13H16ClF4NO2. The van der Waals surface area contributed by atoms with Crippen molar-refractivity contribution in [3.8, 4) is 5.75 Å². The van der Waals surface area contributed by atoms with Gasteiger partial charge in [-0.25, -0.2) is 4.39 Å². The number of halogens is 5. The molecule has 21 heavy (non-hydrogen) atoms. The summed E-state index contributed by atoms with van der Waals surface area (Å²) in [7, 11) is 0. The summed E-state index contributed by atoms with van der Waals surface area (Å²) in [6, 6.07) is 1.53. The topological polar surface area (TPSA) is 55.5 Å². The zero-order valence-electron chi connectivity index (χ0n) is 10.9. The number of hydrogen-bond acceptors (Lipinski definition) is 3. The van der Waals surface area contributed by atoms with Crippen molar-refractivity contribution in [3.63, 3.8) is 0 Å². The Balaban J connectivity index is 0.00000220. The molecule has 0 saturated heterocycles. The molecule has 120 valence electrons. The van der Waals surface area contributed by atoms with Crippen LogP contribution in [0.1, 0.15) is 30.9 Å². The molecule has 0 heterocycles. The Morgan fingerprint density at radius 3 is 2.38 bits per heavy atom. The van der Waals surface area contributed by atoms with Gasteiger partial charge in [0.2, 0.25) is 0 Å². The van der Waals surface area contributed by atoms with E-state index in [1.807, 2.05) is 0 Å². The van der Waals surface area contributed by atoms with Gasteiger partial charge in [0.15, 0.2) is 0 Å². The zero-order chi connectivity index (χ0) is 14.9. The fourth-order valence-electron chi connectivity index (χ4n) is 2.23. The highest BCUT2D eigenvalue weighted by Gasteiger charge is 2.34. The first-order valence-corrected chi connectivity index (χ1v) is 6.27. The van der Waals surface area contributed by atoms with Crippen LogP contribution in [0.25, 0.3) is 0 Å². The van der Waals surface area contributed by atoms with Crippen molar-refractivity contribution in [1.29, 1.82) is 0 Å². The third kappa shape index (κ3) is 4.46. The summed E-state index contributed by atoms with van der Waals surface area (Å²) in [5.41, 5.74) is 5.58. The zero-order valence-corrected chi connectivity index (χ0v) is 11.8. The molecule has 0 spiro atoms. The summed E-state index contributed by atoms with van der Waals surface area (Å²) in [4.78, 5) is 0. The molecule has 1 fully saturated rings. The Labute approximate surface area is 125 Å². The van der Waals surface area contributed by atoms with Crippen molar-refractivity contribution in [2.45, 2.75) is 37.8 Å². The normalized spacial score (nSPS) is 18.4. The lowest BCUT2D eigenvalue weighted by molar-refractivity contribution is -0.274. The van der Waals surface area contributed by atoms with Crippen LogP contribution >= 0.6 is 12.4 Å². The van der Waals surface area contributed by atoms with E-state index in [0.29, 0.717) is 0 Å². The SMILES string of the molecule is Cl.N[C@H](c1cc(OC(F)(F)F)ccc1F)[C@@H](O)C1CCC1. The molecule has 0 aliphatic heterocycles. The van der Waals surface area contributed by atoms with Crippen molar-refractivity contribution < 1.29 is 27.4 Å². The molecule has 0 bridgehead atoms. The minimum absolute atomic E-state index is 0. The lowest BCUT2D eigenvalue weighted by Gasteiger charge is -2.34. The molecule has 0 radical (unpaired) electrons. The highest BCUT2D eigenvalue weighted by Crippen LogP contribution is 2.36. The third-order valence-corrected chi connectivity index (χ3v) is 3.56. The van der Waals surface area contributed by atoms with Crippen LogP contribution in [0, 0.1) is 11.7 Å². The predicted molar refractivity (Wildman–Crippen MR) is 70.6 cm³/mol. The second-order valence-electron chi connectivity index (χ2n) is 4.94. The quantitative estimate of drug-likeness (QED) is 0.833. The average Bonchev–Trinajstić information content (AvgIpc) is 2.26. The molecule has 8 heteroatoms. The van der Waals surface area contributed by atoms with E-state index >= 15 is 0 Å². The highest BCUT2D eigenvalue weighted by atomic mass is 35.5. The van der Waals surface area contributed by atoms with Crippen LogP contribution in [-0.2, 0) is 0 Å². The minimum atomic E-state index is -4.86. The number of nitrogens with two attached hydrogens (primary N) is 1. The lowest BCUT2D eigenvalue weighted by atomic mass is 9.77. The fraction of sp³-hybridized carbons (Fsp3) is 0.538. The van der Waals surface area contributed by atoms with E-state index in [0.717, 1.165) is 37.5 Å². The van der Waals surface area contributed by atoms with Gasteiger partial charge in [0.05, 0.1) is 12.1 Å². The van der Waals surface area contributed by atoms with Crippen molar-refractivity contribution in [2.24, 2.45) is 11.7 Å². The second kappa shape index (κ2) is 6.81. The first-order valence-electron chi connectivity index (χ1n) is 6.27. The third-order valence-electron chi connectivity index (χ3n) is 3.56. The molecule has 1 aliphatic rings. The Morgan fingerprint density at radius 1 is 1.29 bits per heavy atom. The summed E-state index contributed by atoms with van der Waals surface area (Å²) < 4.78 is 53.8. The van der Waals surface area contributed by atoms with E-state index in [2.05, 4.69) is 4.74 Å². The molecule has 0 unspecified atom stereocenters. The van der Waals surface area contributed by atoms with E-state index in [1.54, 1.807) is 0 Å². The molecule has 0 aromatic heterocycles. The number of benzene rings is 1. The molecule has 1 aromatic carbocycles. The van der Waals surface area contributed by atoms with Crippen molar-refractivity contribution >= 4 is 12.4 Å². The molecule has 1 aliphatic carbocycles. The fourth-order valence-corrected chi connectivity index (χ4v) is 2.23. The van der Waals surface area contributed by atoms with Crippen LogP contribution in [0.4, 0.5) is 17.6 Å². The van der Waals surface area contributed by atoms with Gasteiger partial charge < -0.3 is 15.6 Å². The van der Waals surface area contributed by atoms with Gasteiger partial charge in [0.25, 0.3) is 0 Å². The summed E-state index contributed by atoms with van der Waals surface area (Å²) in [6.07, 6.45) is -3.29. The largest absolute Gasteiger partial charge is 0.573 e. The van der Waals surface area contributed by atoms with E-state index in [1.165, 1.54) is 0 Å². The summed E-state index contributed by atoms with van der Waals surface area (Å²) in [5, 5.41) is 9.98. The summed E-state index contributed by atoms with van der Waals surface area (Å²) >= 11 is 0. The van der Waals surface area contributed by atoms with Gasteiger partial charge in [-0.05, 0) is 37.0 Å². The standard InChI is InChI=1S/C13H15F4NO2.ClH/c14-10-5-4-8(20-13(15,16)17)6-9(10)11(18)12(19)7-2-1-3-7;/h4-7,11-12,19H,1-3,18H2;1H/t11-,12+;/m1./s1. The predicted octanol–water partition coefficient (Wildman–Crippen LogP) is 3.31. The van der Waals surface area contributed by atoms with Crippen LogP contribution in [-0.4, -0.2) is 17.6 Å². The highest BCUT2D eigenvalue weighted by molar-refractivity contribution is 5.85. The second-order valence-corrected chi connectivity index (χ2v) is 4.94. The number of rotatable bonds is 4. The maximum absolute atomic E-state index is 13.7. The average molecular weight is 330 g/mol. The first-order chi connectivity index (χ1) is 9.28. The molecule has 0 amide bonds. The van der Waals surface area contributed by atoms with E-state index in [9.17, 15) is 22.7 Å². The van der Waals surface area contributed by atoms with Gasteiger partial charge in [-0.3, -0.25) is 0 Å². The Kier molecular flexibility index (Phi) is 5.83. The molecule has 2 atom stereocenters. The Hall–Kier alpha value is -1.05. The van der Waals surface area contributed by atoms with E-state index in [4.69, 9.17) is 5.73 Å². The molecule has 1 aromatic rings. The molecule has 1 saturated carbocycles. The summed E-state index contributed by atoms with van der Waals surface area (Å²) in [6.45, 7) is 0. The van der Waals surface area contributed by atoms with Gasteiger partial charge >= 0.3 is 6.36 Å². The molecular weight excluding hydrogens is 314 g/mol. The number of aliphatic hydroxyl groups excluding tert-OH is 1. The monoisotopic (exact) mass is 329 g/mol. The van der Waals surface area contributed by atoms with Crippen molar-refractivity contribution in [2.75, 3.05) is 0 Å². The van der Waals surface area contributed by atoms with Gasteiger partial charge in [-0.15, -0.1) is 25.6 Å². The molecule has 3 N–H and O–H groups in total. The number of alkyl halides is 3. The van der Waals surface area contributed by atoms with Gasteiger partial charge in [0.1, 0.15) is 11.6 Å². The Bertz CT molecular complexity index is 480. The Morgan fingerprint density at radius 2 is 1.90 bits per heavy atom.